The maximum absolute atomic E-state index is 11.6. The second-order valence-corrected chi connectivity index (χ2v) is 5.52. The molecule has 114 valence electrons. The van der Waals surface area contributed by atoms with Crippen LogP contribution in [0.2, 0.25) is 5.02 Å². The highest BCUT2D eigenvalue weighted by molar-refractivity contribution is 9.10. The predicted octanol–water partition coefficient (Wildman–Crippen LogP) is 3.40. The lowest BCUT2D eigenvalue weighted by Crippen LogP contribution is -2.34. The summed E-state index contributed by atoms with van der Waals surface area (Å²) in [6.45, 7) is 0. The molecule has 1 rings (SSSR count). The SMILES string of the molecule is O=C(O)CCCCC(=O)NC(=O)Nc1ccc(Cl)cc1Br. The topological polar surface area (TPSA) is 95.5 Å². The number of rotatable bonds is 6. The molecule has 0 unspecified atom stereocenters. The number of hydrogen-bond acceptors (Lipinski definition) is 3. The molecule has 0 atom stereocenters. The van der Waals surface area contributed by atoms with Crippen LogP contribution in [0.15, 0.2) is 22.7 Å². The molecular formula is C13H14BrClN2O4. The van der Waals surface area contributed by atoms with Crippen LogP contribution in [0.25, 0.3) is 0 Å². The van der Waals surface area contributed by atoms with Crippen molar-refractivity contribution in [1.29, 1.82) is 0 Å². The van der Waals surface area contributed by atoms with Crippen molar-refractivity contribution in [2.24, 2.45) is 0 Å². The molecule has 0 heterocycles. The van der Waals surface area contributed by atoms with Crippen LogP contribution < -0.4 is 10.6 Å². The molecule has 0 aliphatic heterocycles. The van der Waals surface area contributed by atoms with Gasteiger partial charge in [-0.25, -0.2) is 4.79 Å². The van der Waals surface area contributed by atoms with Crippen LogP contribution >= 0.6 is 27.5 Å². The van der Waals surface area contributed by atoms with Crippen molar-refractivity contribution in [3.8, 4) is 0 Å². The Morgan fingerprint density at radius 3 is 2.48 bits per heavy atom. The maximum Gasteiger partial charge on any atom is 0.325 e. The van der Waals surface area contributed by atoms with Gasteiger partial charge in [-0.05, 0) is 47.0 Å². The summed E-state index contributed by atoms with van der Waals surface area (Å²) in [7, 11) is 0. The number of amides is 3. The zero-order valence-corrected chi connectivity index (χ0v) is 13.3. The van der Waals surface area contributed by atoms with Crippen molar-refractivity contribution in [3.63, 3.8) is 0 Å². The van der Waals surface area contributed by atoms with E-state index in [0.717, 1.165) is 0 Å². The average molecular weight is 378 g/mol. The van der Waals surface area contributed by atoms with Crippen molar-refractivity contribution >= 4 is 51.1 Å². The molecule has 0 spiro atoms. The Kier molecular flexibility index (Phi) is 7.18. The lowest BCUT2D eigenvalue weighted by molar-refractivity contribution is -0.137. The van der Waals surface area contributed by atoms with E-state index in [0.29, 0.717) is 28.0 Å². The van der Waals surface area contributed by atoms with Crippen molar-refractivity contribution in [2.45, 2.75) is 25.7 Å². The van der Waals surface area contributed by atoms with Crippen molar-refractivity contribution in [1.82, 2.24) is 5.32 Å². The quantitative estimate of drug-likeness (QED) is 0.662. The molecule has 0 aromatic heterocycles. The highest BCUT2D eigenvalue weighted by atomic mass is 79.9. The fourth-order valence-electron chi connectivity index (χ4n) is 1.50. The maximum atomic E-state index is 11.6. The Hall–Kier alpha value is -1.60. The van der Waals surface area contributed by atoms with Gasteiger partial charge in [0.1, 0.15) is 0 Å². The highest BCUT2D eigenvalue weighted by Gasteiger charge is 2.10. The van der Waals surface area contributed by atoms with Gasteiger partial charge in [0.25, 0.3) is 0 Å². The van der Waals surface area contributed by atoms with Gasteiger partial charge in [-0.1, -0.05) is 11.6 Å². The highest BCUT2D eigenvalue weighted by Crippen LogP contribution is 2.25. The van der Waals surface area contributed by atoms with E-state index < -0.39 is 17.9 Å². The Morgan fingerprint density at radius 2 is 1.86 bits per heavy atom. The third-order valence-corrected chi connectivity index (χ3v) is 3.37. The molecule has 0 aliphatic carbocycles. The molecule has 0 radical (unpaired) electrons. The summed E-state index contributed by atoms with van der Waals surface area (Å²) in [4.78, 5) is 33.4. The van der Waals surface area contributed by atoms with Crippen LogP contribution in [0.5, 0.6) is 0 Å². The molecule has 0 saturated heterocycles. The monoisotopic (exact) mass is 376 g/mol. The second kappa shape index (κ2) is 8.63. The first-order valence-electron chi connectivity index (χ1n) is 6.16. The number of anilines is 1. The van der Waals surface area contributed by atoms with Gasteiger partial charge in [0, 0.05) is 22.3 Å². The van der Waals surface area contributed by atoms with E-state index in [1.165, 1.54) is 0 Å². The van der Waals surface area contributed by atoms with E-state index in [-0.39, 0.29) is 12.8 Å². The van der Waals surface area contributed by atoms with Gasteiger partial charge in [0.05, 0.1) is 5.69 Å². The molecule has 0 saturated carbocycles. The van der Waals surface area contributed by atoms with E-state index in [2.05, 4.69) is 26.6 Å². The fraction of sp³-hybridized carbons (Fsp3) is 0.308. The minimum Gasteiger partial charge on any atom is -0.481 e. The summed E-state index contributed by atoms with van der Waals surface area (Å²) in [5, 5.41) is 13.6. The number of urea groups is 1. The Balaban J connectivity index is 2.36. The Labute approximate surface area is 135 Å². The number of carbonyl (C=O) groups is 3. The largest absolute Gasteiger partial charge is 0.481 e. The van der Waals surface area contributed by atoms with E-state index >= 15 is 0 Å². The summed E-state index contributed by atoms with van der Waals surface area (Å²) >= 11 is 9.02. The minimum absolute atomic E-state index is 0.0111. The minimum atomic E-state index is -0.902. The van der Waals surface area contributed by atoms with Gasteiger partial charge in [0.15, 0.2) is 0 Å². The zero-order chi connectivity index (χ0) is 15.8. The number of carboxylic acids is 1. The Bertz CT molecular complexity index is 551. The molecule has 1 aromatic carbocycles. The predicted molar refractivity (Wildman–Crippen MR) is 82.4 cm³/mol. The van der Waals surface area contributed by atoms with Crippen LogP contribution in [-0.4, -0.2) is 23.0 Å². The van der Waals surface area contributed by atoms with Gasteiger partial charge < -0.3 is 10.4 Å². The normalized spacial score (nSPS) is 10.0. The first-order valence-corrected chi connectivity index (χ1v) is 7.33. The van der Waals surface area contributed by atoms with Gasteiger partial charge in [-0.15, -0.1) is 0 Å². The number of hydrogen-bond donors (Lipinski definition) is 3. The van der Waals surface area contributed by atoms with Gasteiger partial charge in [-0.2, -0.15) is 0 Å². The summed E-state index contributed by atoms with van der Waals surface area (Å²) in [6.07, 6.45) is 0.919. The number of benzene rings is 1. The number of carbonyl (C=O) groups excluding carboxylic acids is 2. The van der Waals surface area contributed by atoms with Crippen LogP contribution in [0.1, 0.15) is 25.7 Å². The van der Waals surface area contributed by atoms with E-state index in [9.17, 15) is 14.4 Å². The molecule has 0 fully saturated rings. The van der Waals surface area contributed by atoms with Gasteiger partial charge in [0.2, 0.25) is 5.91 Å². The summed E-state index contributed by atoms with van der Waals surface area (Å²) in [5.41, 5.74) is 0.482. The Morgan fingerprint density at radius 1 is 1.19 bits per heavy atom. The zero-order valence-electron chi connectivity index (χ0n) is 11.0. The van der Waals surface area contributed by atoms with Crippen LogP contribution in [0, 0.1) is 0 Å². The van der Waals surface area contributed by atoms with Crippen molar-refractivity contribution in [3.05, 3.63) is 27.7 Å². The smallest absolute Gasteiger partial charge is 0.325 e. The van der Waals surface area contributed by atoms with Crippen molar-refractivity contribution < 1.29 is 19.5 Å². The number of aliphatic carboxylic acids is 1. The molecule has 0 aliphatic rings. The molecule has 0 bridgehead atoms. The number of nitrogens with one attached hydrogen (secondary N) is 2. The van der Waals surface area contributed by atoms with Gasteiger partial charge >= 0.3 is 12.0 Å². The molecule has 21 heavy (non-hydrogen) atoms. The molecule has 8 heteroatoms. The number of unbranched alkanes of at least 4 members (excludes halogenated alkanes) is 1. The third-order valence-electron chi connectivity index (χ3n) is 2.48. The third kappa shape index (κ3) is 7.10. The molecule has 6 nitrogen and oxygen atoms in total. The second-order valence-electron chi connectivity index (χ2n) is 4.23. The average Bonchev–Trinajstić information content (AvgIpc) is 2.38. The number of halogens is 2. The fourth-order valence-corrected chi connectivity index (χ4v) is 2.28. The summed E-state index contributed by atoms with van der Waals surface area (Å²) < 4.78 is 0.596. The van der Waals surface area contributed by atoms with E-state index in [1.54, 1.807) is 18.2 Å². The van der Waals surface area contributed by atoms with Gasteiger partial charge in [-0.3, -0.25) is 14.9 Å². The first-order chi connectivity index (χ1) is 9.88. The van der Waals surface area contributed by atoms with Crippen LogP contribution in [0.3, 0.4) is 0 Å². The number of carboxylic acid groups (broad SMARTS) is 1. The summed E-state index contributed by atoms with van der Waals surface area (Å²) in [6, 6.07) is 4.17. The summed E-state index contributed by atoms with van der Waals surface area (Å²) in [5.74, 6) is -1.36. The van der Waals surface area contributed by atoms with Crippen LogP contribution in [0.4, 0.5) is 10.5 Å². The van der Waals surface area contributed by atoms with Crippen LogP contribution in [-0.2, 0) is 9.59 Å². The standard InChI is InChI=1S/C13H14BrClN2O4/c14-9-7-8(15)5-6-10(9)16-13(21)17-11(18)3-1-2-4-12(19)20/h5-7H,1-4H2,(H,19,20)(H2,16,17,18,21). The molecule has 1 aromatic rings. The molecular weight excluding hydrogens is 364 g/mol. The first kappa shape index (κ1) is 17.5. The van der Waals surface area contributed by atoms with E-state index in [1.807, 2.05) is 0 Å². The molecule has 3 N–H and O–H groups in total. The molecule has 3 amide bonds. The van der Waals surface area contributed by atoms with E-state index in [4.69, 9.17) is 16.7 Å². The van der Waals surface area contributed by atoms with Crippen molar-refractivity contribution in [2.75, 3.05) is 5.32 Å². The lowest BCUT2D eigenvalue weighted by atomic mass is 10.2. The number of imide groups is 1. The lowest BCUT2D eigenvalue weighted by Gasteiger charge is -2.08.